The molecule has 1 fully saturated rings. The summed E-state index contributed by atoms with van der Waals surface area (Å²) in [7, 11) is -3.48. The third-order valence-electron chi connectivity index (χ3n) is 2.61. The Morgan fingerprint density at radius 2 is 1.94 bits per heavy atom. The molecule has 7 heteroatoms. The molecule has 0 unspecified atom stereocenters. The summed E-state index contributed by atoms with van der Waals surface area (Å²) in [6.07, 6.45) is 0. The third-order valence-corrected chi connectivity index (χ3v) is 5.96. The van der Waals surface area contributed by atoms with Gasteiger partial charge in [-0.3, -0.25) is 0 Å². The lowest BCUT2D eigenvalue weighted by atomic mass is 10.4. The van der Waals surface area contributed by atoms with Crippen molar-refractivity contribution in [3.63, 3.8) is 0 Å². The van der Waals surface area contributed by atoms with Crippen LogP contribution in [0.4, 0.5) is 0 Å². The Bertz CT molecular complexity index is 515. The molecule has 0 radical (unpaired) electrons. The van der Waals surface area contributed by atoms with E-state index in [4.69, 9.17) is 11.6 Å². The SMILES string of the molecule is O=S(=O)(c1cccc(Br)c1Cl)N1CCNCC1. The zero-order chi connectivity index (χ0) is 12.5. The second-order valence-corrected chi connectivity index (χ2v) is 6.84. The maximum atomic E-state index is 12.4. The zero-order valence-corrected chi connectivity index (χ0v) is 12.1. The number of hydrogen-bond acceptors (Lipinski definition) is 3. The van der Waals surface area contributed by atoms with Crippen LogP contribution >= 0.6 is 27.5 Å². The highest BCUT2D eigenvalue weighted by Gasteiger charge is 2.28. The van der Waals surface area contributed by atoms with Gasteiger partial charge in [-0.15, -0.1) is 0 Å². The summed E-state index contributed by atoms with van der Waals surface area (Å²) in [5.74, 6) is 0. The Balaban J connectivity index is 2.40. The summed E-state index contributed by atoms with van der Waals surface area (Å²) in [6.45, 7) is 2.30. The number of nitrogens with zero attached hydrogens (tertiary/aromatic N) is 1. The van der Waals surface area contributed by atoms with E-state index in [9.17, 15) is 8.42 Å². The maximum Gasteiger partial charge on any atom is 0.244 e. The Hall–Kier alpha value is -0.140. The van der Waals surface area contributed by atoms with Crippen LogP contribution in [0.3, 0.4) is 0 Å². The first-order valence-corrected chi connectivity index (χ1v) is 7.79. The largest absolute Gasteiger partial charge is 0.314 e. The topological polar surface area (TPSA) is 49.4 Å². The number of sulfonamides is 1. The van der Waals surface area contributed by atoms with Crippen molar-refractivity contribution < 1.29 is 8.42 Å². The minimum atomic E-state index is -3.48. The fourth-order valence-electron chi connectivity index (χ4n) is 1.71. The van der Waals surface area contributed by atoms with E-state index in [-0.39, 0.29) is 9.92 Å². The van der Waals surface area contributed by atoms with Crippen molar-refractivity contribution in [1.29, 1.82) is 0 Å². The molecule has 0 spiro atoms. The maximum absolute atomic E-state index is 12.4. The van der Waals surface area contributed by atoms with Crippen LogP contribution < -0.4 is 5.32 Å². The summed E-state index contributed by atoms with van der Waals surface area (Å²) >= 11 is 9.26. The van der Waals surface area contributed by atoms with E-state index in [0.717, 1.165) is 0 Å². The molecule has 0 saturated carbocycles. The highest BCUT2D eigenvalue weighted by molar-refractivity contribution is 9.10. The van der Waals surface area contributed by atoms with Crippen molar-refractivity contribution in [2.24, 2.45) is 0 Å². The number of halogens is 2. The monoisotopic (exact) mass is 338 g/mol. The van der Waals surface area contributed by atoms with Gasteiger partial charge in [0.1, 0.15) is 4.90 Å². The minimum absolute atomic E-state index is 0.162. The second kappa shape index (κ2) is 5.24. The first-order valence-electron chi connectivity index (χ1n) is 5.18. The molecule has 0 amide bonds. The number of piperazine rings is 1. The van der Waals surface area contributed by atoms with Crippen molar-refractivity contribution in [3.05, 3.63) is 27.7 Å². The van der Waals surface area contributed by atoms with Crippen molar-refractivity contribution in [2.45, 2.75) is 4.90 Å². The molecule has 0 aromatic heterocycles. The van der Waals surface area contributed by atoms with E-state index in [2.05, 4.69) is 21.2 Å². The Kier molecular flexibility index (Phi) is 4.10. The van der Waals surface area contributed by atoms with Crippen LogP contribution in [0, 0.1) is 0 Å². The van der Waals surface area contributed by atoms with E-state index in [1.807, 2.05) is 0 Å². The average Bonchev–Trinajstić information content (AvgIpc) is 2.33. The van der Waals surface area contributed by atoms with Crippen molar-refractivity contribution in [2.75, 3.05) is 26.2 Å². The molecular formula is C10H12BrClN2O2S. The van der Waals surface area contributed by atoms with Gasteiger partial charge >= 0.3 is 0 Å². The lowest BCUT2D eigenvalue weighted by molar-refractivity contribution is 0.360. The van der Waals surface area contributed by atoms with Crippen LogP contribution in [0.5, 0.6) is 0 Å². The predicted molar refractivity (Wildman–Crippen MR) is 70.8 cm³/mol. The smallest absolute Gasteiger partial charge is 0.244 e. The van der Waals surface area contributed by atoms with Crippen LogP contribution in [0.1, 0.15) is 0 Å². The van der Waals surface area contributed by atoms with Crippen molar-refractivity contribution >= 4 is 37.6 Å². The van der Waals surface area contributed by atoms with Gasteiger partial charge in [0.2, 0.25) is 10.0 Å². The van der Waals surface area contributed by atoms with Crippen LogP contribution in [0.2, 0.25) is 5.02 Å². The summed E-state index contributed by atoms with van der Waals surface area (Å²) in [6, 6.07) is 4.93. The van der Waals surface area contributed by atoms with Gasteiger partial charge in [-0.25, -0.2) is 8.42 Å². The van der Waals surface area contributed by atoms with E-state index < -0.39 is 10.0 Å². The normalized spacial score (nSPS) is 18.2. The number of rotatable bonds is 2. The first kappa shape index (κ1) is 13.3. The van der Waals surface area contributed by atoms with E-state index in [1.165, 1.54) is 10.4 Å². The highest BCUT2D eigenvalue weighted by Crippen LogP contribution is 2.31. The zero-order valence-electron chi connectivity index (χ0n) is 8.99. The third kappa shape index (κ3) is 2.66. The van der Waals surface area contributed by atoms with Gasteiger partial charge in [0.25, 0.3) is 0 Å². The van der Waals surface area contributed by atoms with Crippen molar-refractivity contribution in [3.8, 4) is 0 Å². The molecule has 0 aliphatic carbocycles. The van der Waals surface area contributed by atoms with Gasteiger partial charge in [0, 0.05) is 30.7 Å². The van der Waals surface area contributed by atoms with E-state index in [0.29, 0.717) is 30.7 Å². The minimum Gasteiger partial charge on any atom is -0.314 e. The average molecular weight is 340 g/mol. The lowest BCUT2D eigenvalue weighted by Crippen LogP contribution is -2.46. The fraction of sp³-hybridized carbons (Fsp3) is 0.400. The molecule has 1 aromatic carbocycles. The molecule has 0 bridgehead atoms. The Labute approximate surface area is 114 Å². The highest BCUT2D eigenvalue weighted by atomic mass is 79.9. The molecule has 1 aliphatic rings. The molecule has 1 heterocycles. The molecular weight excluding hydrogens is 328 g/mol. The van der Waals surface area contributed by atoms with Gasteiger partial charge < -0.3 is 5.32 Å². The molecule has 2 rings (SSSR count). The Morgan fingerprint density at radius 1 is 1.29 bits per heavy atom. The van der Waals surface area contributed by atoms with Crippen molar-refractivity contribution in [1.82, 2.24) is 9.62 Å². The molecule has 1 aliphatic heterocycles. The summed E-state index contributed by atoms with van der Waals surface area (Å²) < 4.78 is 26.8. The number of hydrogen-bond donors (Lipinski definition) is 1. The van der Waals surface area contributed by atoms with Gasteiger partial charge in [-0.05, 0) is 28.1 Å². The molecule has 1 saturated heterocycles. The first-order chi connectivity index (χ1) is 8.03. The predicted octanol–water partition coefficient (Wildman–Crippen LogP) is 1.70. The standard InChI is InChI=1S/C10H12BrClN2O2S/c11-8-2-1-3-9(10(8)12)17(15,16)14-6-4-13-5-7-14/h1-3,13H,4-7H2. The van der Waals surface area contributed by atoms with Crippen LogP contribution in [-0.2, 0) is 10.0 Å². The summed E-state index contributed by atoms with van der Waals surface area (Å²) in [5, 5.41) is 3.36. The molecule has 1 aromatic rings. The van der Waals surface area contributed by atoms with Crippen LogP contribution in [-0.4, -0.2) is 38.9 Å². The van der Waals surface area contributed by atoms with Crippen LogP contribution in [0.25, 0.3) is 0 Å². The second-order valence-electron chi connectivity index (χ2n) is 3.71. The molecule has 0 atom stereocenters. The van der Waals surface area contributed by atoms with Gasteiger partial charge in [-0.2, -0.15) is 4.31 Å². The van der Waals surface area contributed by atoms with Crippen LogP contribution in [0.15, 0.2) is 27.6 Å². The lowest BCUT2D eigenvalue weighted by Gasteiger charge is -2.27. The van der Waals surface area contributed by atoms with E-state index >= 15 is 0 Å². The van der Waals surface area contributed by atoms with E-state index in [1.54, 1.807) is 12.1 Å². The van der Waals surface area contributed by atoms with Gasteiger partial charge in [0.15, 0.2) is 0 Å². The number of benzene rings is 1. The fourth-order valence-corrected chi connectivity index (χ4v) is 4.15. The summed E-state index contributed by atoms with van der Waals surface area (Å²) in [4.78, 5) is 0.162. The quantitative estimate of drug-likeness (QED) is 0.892. The molecule has 17 heavy (non-hydrogen) atoms. The van der Waals surface area contributed by atoms with Gasteiger partial charge in [-0.1, -0.05) is 17.7 Å². The number of nitrogens with one attached hydrogen (secondary N) is 1. The Morgan fingerprint density at radius 3 is 2.59 bits per heavy atom. The summed E-state index contributed by atoms with van der Waals surface area (Å²) in [5.41, 5.74) is 0. The molecule has 1 N–H and O–H groups in total. The molecule has 4 nitrogen and oxygen atoms in total. The molecule has 94 valence electrons. The van der Waals surface area contributed by atoms with Gasteiger partial charge in [0.05, 0.1) is 5.02 Å².